The molecule has 2 fully saturated rings. The number of carbonyl (C=O) groups excluding carboxylic acids is 1. The molecule has 2 saturated heterocycles. The van der Waals surface area contributed by atoms with Crippen molar-refractivity contribution in [3.8, 4) is 11.3 Å². The Balaban J connectivity index is 1.25. The smallest absolute Gasteiger partial charge is 0.287 e. The maximum atomic E-state index is 12.2. The lowest BCUT2D eigenvalue weighted by Gasteiger charge is -2.18. The maximum absolute atomic E-state index is 12.2. The zero-order valence-corrected chi connectivity index (χ0v) is 15.5. The van der Waals surface area contributed by atoms with Gasteiger partial charge in [-0.15, -0.1) is 0 Å². The number of anilines is 1. The Morgan fingerprint density at radius 1 is 0.966 bits per heavy atom. The first-order valence-electron chi connectivity index (χ1n) is 9.50. The molecular formula is C21H20N4O4. The van der Waals surface area contributed by atoms with Gasteiger partial charge in [-0.05, 0) is 18.2 Å². The Morgan fingerprint density at radius 3 is 2.55 bits per heavy atom. The van der Waals surface area contributed by atoms with Gasteiger partial charge < -0.3 is 24.5 Å². The maximum Gasteiger partial charge on any atom is 0.287 e. The molecule has 8 heteroatoms. The highest BCUT2D eigenvalue weighted by Gasteiger charge is 2.48. The van der Waals surface area contributed by atoms with Gasteiger partial charge in [0.25, 0.3) is 5.91 Å². The quantitative estimate of drug-likeness (QED) is 0.686. The third kappa shape index (κ3) is 3.59. The van der Waals surface area contributed by atoms with Gasteiger partial charge in [0, 0.05) is 11.8 Å². The molecule has 4 heterocycles. The summed E-state index contributed by atoms with van der Waals surface area (Å²) in [5.41, 5.74) is 1.87. The second kappa shape index (κ2) is 7.65. The van der Waals surface area contributed by atoms with Crippen molar-refractivity contribution in [1.29, 1.82) is 0 Å². The van der Waals surface area contributed by atoms with Crippen LogP contribution in [-0.4, -0.2) is 53.4 Å². The van der Waals surface area contributed by atoms with Crippen LogP contribution in [-0.2, 0) is 9.47 Å². The van der Waals surface area contributed by atoms with Crippen molar-refractivity contribution in [2.45, 2.75) is 24.3 Å². The van der Waals surface area contributed by atoms with Crippen molar-refractivity contribution >= 4 is 11.9 Å². The van der Waals surface area contributed by atoms with Crippen LogP contribution in [0.2, 0.25) is 0 Å². The first-order valence-corrected chi connectivity index (χ1v) is 9.50. The predicted molar refractivity (Wildman–Crippen MR) is 104 cm³/mol. The van der Waals surface area contributed by atoms with Crippen LogP contribution in [0.3, 0.4) is 0 Å². The number of aromatic nitrogens is 2. The van der Waals surface area contributed by atoms with Gasteiger partial charge in [0.2, 0.25) is 5.95 Å². The zero-order valence-electron chi connectivity index (χ0n) is 15.5. The summed E-state index contributed by atoms with van der Waals surface area (Å²) < 4.78 is 17.0. The standard InChI is InChI=1S/C21H20N4O4/c26-20(17-7-4-10-27-17)23-15-11-28-19-16(12-29-18(15)19)25-21-22-9-8-14(24-21)13-5-2-1-3-6-13/h1-10,15-16,18-19H,11-12H2,(H,23,26)(H,22,24,25)/t15-,16+,18-,19+/m0/s1. The van der Waals surface area contributed by atoms with E-state index in [1.54, 1.807) is 18.3 Å². The van der Waals surface area contributed by atoms with Crippen molar-refractivity contribution in [2.75, 3.05) is 18.5 Å². The van der Waals surface area contributed by atoms with Crippen LogP contribution >= 0.6 is 0 Å². The molecule has 0 unspecified atom stereocenters. The second-order valence-electron chi connectivity index (χ2n) is 7.04. The van der Waals surface area contributed by atoms with Gasteiger partial charge in [0.1, 0.15) is 12.2 Å². The van der Waals surface area contributed by atoms with Crippen LogP contribution in [0.15, 0.2) is 65.4 Å². The number of nitrogens with one attached hydrogen (secondary N) is 2. The zero-order chi connectivity index (χ0) is 19.6. The van der Waals surface area contributed by atoms with Crippen molar-refractivity contribution in [3.63, 3.8) is 0 Å². The number of carbonyl (C=O) groups is 1. The highest BCUT2D eigenvalue weighted by molar-refractivity contribution is 5.91. The van der Waals surface area contributed by atoms with E-state index in [9.17, 15) is 4.79 Å². The lowest BCUT2D eigenvalue weighted by Crippen LogP contribution is -2.44. The normalized spacial score (nSPS) is 25.5. The Kier molecular flexibility index (Phi) is 4.71. The minimum Gasteiger partial charge on any atom is -0.459 e. The van der Waals surface area contributed by atoms with Gasteiger partial charge in [-0.3, -0.25) is 4.79 Å². The van der Waals surface area contributed by atoms with E-state index in [-0.39, 0.29) is 36.0 Å². The Hall–Kier alpha value is -3.23. The van der Waals surface area contributed by atoms with E-state index in [4.69, 9.17) is 13.9 Å². The lowest BCUT2D eigenvalue weighted by atomic mass is 10.1. The fraction of sp³-hybridized carbons (Fsp3) is 0.286. The van der Waals surface area contributed by atoms with Crippen LogP contribution in [0.4, 0.5) is 5.95 Å². The molecule has 29 heavy (non-hydrogen) atoms. The fourth-order valence-electron chi connectivity index (χ4n) is 3.76. The SMILES string of the molecule is O=C(N[C@H]1CO[C@H]2[C@H]1OC[C@H]2Nc1nccc(-c2ccccc2)n1)c1ccco1. The molecule has 4 atom stereocenters. The number of fused-ring (bicyclic) bond motifs is 1. The molecule has 0 bridgehead atoms. The molecule has 1 amide bonds. The summed E-state index contributed by atoms with van der Waals surface area (Å²) in [4.78, 5) is 21.2. The summed E-state index contributed by atoms with van der Waals surface area (Å²) >= 11 is 0. The summed E-state index contributed by atoms with van der Waals surface area (Å²) in [6, 6.07) is 14.8. The third-order valence-corrected chi connectivity index (χ3v) is 5.15. The minimum atomic E-state index is -0.275. The van der Waals surface area contributed by atoms with Crippen LogP contribution in [0.1, 0.15) is 10.6 Å². The molecule has 148 valence electrons. The van der Waals surface area contributed by atoms with Crippen molar-refractivity contribution in [1.82, 2.24) is 15.3 Å². The van der Waals surface area contributed by atoms with Crippen LogP contribution in [0, 0.1) is 0 Å². The van der Waals surface area contributed by atoms with E-state index in [0.717, 1.165) is 11.3 Å². The number of benzene rings is 1. The lowest BCUT2D eigenvalue weighted by molar-refractivity contribution is 0.0646. The Morgan fingerprint density at radius 2 is 1.76 bits per heavy atom. The number of nitrogens with zero attached hydrogens (tertiary/aromatic N) is 2. The van der Waals surface area contributed by atoms with Crippen LogP contribution < -0.4 is 10.6 Å². The monoisotopic (exact) mass is 392 g/mol. The third-order valence-electron chi connectivity index (χ3n) is 5.15. The average molecular weight is 392 g/mol. The topological polar surface area (TPSA) is 98.5 Å². The number of amides is 1. The summed E-state index contributed by atoms with van der Waals surface area (Å²) in [6.07, 6.45) is 2.77. The van der Waals surface area contributed by atoms with Gasteiger partial charge >= 0.3 is 0 Å². The highest BCUT2D eigenvalue weighted by atomic mass is 16.6. The summed E-state index contributed by atoms with van der Waals surface area (Å²) in [7, 11) is 0. The molecule has 1 aromatic carbocycles. The molecule has 2 aromatic heterocycles. The average Bonchev–Trinajstić information content (AvgIpc) is 3.49. The summed E-state index contributed by atoms with van der Waals surface area (Å²) in [6.45, 7) is 0.826. The van der Waals surface area contributed by atoms with E-state index >= 15 is 0 Å². The van der Waals surface area contributed by atoms with Crippen molar-refractivity contribution in [3.05, 3.63) is 66.8 Å². The summed E-state index contributed by atoms with van der Waals surface area (Å²) in [5, 5.41) is 6.25. The van der Waals surface area contributed by atoms with E-state index in [1.807, 2.05) is 36.4 Å². The molecule has 5 rings (SSSR count). The first kappa shape index (κ1) is 17.8. The van der Waals surface area contributed by atoms with Gasteiger partial charge in [0.15, 0.2) is 5.76 Å². The first-order chi connectivity index (χ1) is 14.3. The molecule has 0 aliphatic carbocycles. The van der Waals surface area contributed by atoms with Crippen LogP contribution in [0.25, 0.3) is 11.3 Å². The molecule has 2 aliphatic rings. The molecule has 8 nitrogen and oxygen atoms in total. The highest BCUT2D eigenvalue weighted by Crippen LogP contribution is 2.29. The Labute approximate surface area is 167 Å². The van der Waals surface area contributed by atoms with Crippen LogP contribution in [0.5, 0.6) is 0 Å². The molecule has 0 radical (unpaired) electrons. The molecule has 2 N–H and O–H groups in total. The largest absolute Gasteiger partial charge is 0.459 e. The van der Waals surface area contributed by atoms with Gasteiger partial charge in [-0.2, -0.15) is 0 Å². The Bertz CT molecular complexity index is 979. The number of ether oxygens (including phenoxy) is 2. The van der Waals surface area contributed by atoms with E-state index in [0.29, 0.717) is 19.2 Å². The van der Waals surface area contributed by atoms with E-state index in [2.05, 4.69) is 20.6 Å². The number of hydrogen-bond acceptors (Lipinski definition) is 7. The fourth-order valence-corrected chi connectivity index (χ4v) is 3.76. The number of furan rings is 1. The van der Waals surface area contributed by atoms with Crippen molar-refractivity contribution in [2.24, 2.45) is 0 Å². The second-order valence-corrected chi connectivity index (χ2v) is 7.04. The molecule has 2 aliphatic heterocycles. The van der Waals surface area contributed by atoms with E-state index in [1.165, 1.54) is 6.26 Å². The van der Waals surface area contributed by atoms with E-state index < -0.39 is 0 Å². The number of rotatable bonds is 5. The van der Waals surface area contributed by atoms with Gasteiger partial charge in [-0.25, -0.2) is 9.97 Å². The number of hydrogen-bond donors (Lipinski definition) is 2. The molecular weight excluding hydrogens is 372 g/mol. The molecule has 0 saturated carbocycles. The van der Waals surface area contributed by atoms with Crippen molar-refractivity contribution < 1.29 is 18.7 Å². The molecule has 3 aromatic rings. The predicted octanol–water partition coefficient (Wildman–Crippen LogP) is 2.11. The summed E-state index contributed by atoms with van der Waals surface area (Å²) in [5.74, 6) is 0.516. The molecule has 0 spiro atoms. The van der Waals surface area contributed by atoms with Gasteiger partial charge in [-0.1, -0.05) is 30.3 Å². The van der Waals surface area contributed by atoms with Gasteiger partial charge in [0.05, 0.1) is 37.3 Å². The minimum absolute atomic E-state index is 0.100.